The number of hydrogen-bond acceptors (Lipinski definition) is 4. The lowest BCUT2D eigenvalue weighted by Crippen LogP contribution is -2.53. The highest BCUT2D eigenvalue weighted by molar-refractivity contribution is 5.77. The highest BCUT2D eigenvalue weighted by atomic mass is 16.1. The molecule has 2 unspecified atom stereocenters. The van der Waals surface area contributed by atoms with Crippen molar-refractivity contribution in [2.24, 2.45) is 0 Å². The topological polar surface area (TPSA) is 72.8 Å². The van der Waals surface area contributed by atoms with E-state index in [1.807, 2.05) is 30.3 Å². The maximum atomic E-state index is 12.6. The number of nitrogens with one attached hydrogen (secondary N) is 1. The van der Waals surface area contributed by atoms with Crippen LogP contribution in [0.15, 0.2) is 53.3 Å². The third-order valence-corrected chi connectivity index (χ3v) is 5.83. The molecule has 2 atom stereocenters. The highest BCUT2D eigenvalue weighted by Crippen LogP contribution is 2.46. The molecule has 0 bridgehead atoms. The Balaban J connectivity index is 1.76. The van der Waals surface area contributed by atoms with E-state index in [4.69, 9.17) is 4.98 Å². The number of hydrogen-bond donors (Lipinski definition) is 1. The first-order chi connectivity index (χ1) is 12.7. The summed E-state index contributed by atoms with van der Waals surface area (Å²) < 4.78 is 0. The standard InChI is InChI=1S/C21H18N4O/c22-13-21(20-23-16-8-3-2-7-15(16)19(26)24-20)12-14-6-1-4-9-17(14)25-11-5-10-18(21)25/h1-4,6-9,18H,5,10-12H2,(H,23,24,26). The Bertz CT molecular complexity index is 1110. The number of H-pyrrole nitrogens is 1. The minimum atomic E-state index is -0.839. The largest absolute Gasteiger partial charge is 0.366 e. The number of benzene rings is 2. The zero-order valence-electron chi connectivity index (χ0n) is 14.3. The van der Waals surface area contributed by atoms with Gasteiger partial charge < -0.3 is 9.88 Å². The smallest absolute Gasteiger partial charge is 0.258 e. The molecule has 0 amide bonds. The van der Waals surface area contributed by atoms with Gasteiger partial charge in [-0.1, -0.05) is 30.3 Å². The minimum Gasteiger partial charge on any atom is -0.366 e. The Morgan fingerprint density at radius 3 is 2.88 bits per heavy atom. The van der Waals surface area contributed by atoms with Gasteiger partial charge >= 0.3 is 0 Å². The molecule has 1 saturated heterocycles. The molecule has 0 spiro atoms. The lowest BCUT2D eigenvalue weighted by Gasteiger charge is -2.44. The van der Waals surface area contributed by atoms with E-state index >= 15 is 0 Å². The number of aromatic nitrogens is 2. The Labute approximate surface area is 150 Å². The minimum absolute atomic E-state index is 0.0340. The van der Waals surface area contributed by atoms with Gasteiger partial charge in [0.2, 0.25) is 0 Å². The van der Waals surface area contributed by atoms with Gasteiger partial charge in [0, 0.05) is 18.7 Å². The molecule has 2 aromatic carbocycles. The van der Waals surface area contributed by atoms with E-state index in [2.05, 4.69) is 28.1 Å². The van der Waals surface area contributed by atoms with Gasteiger partial charge in [-0.3, -0.25) is 4.79 Å². The van der Waals surface area contributed by atoms with Crippen molar-refractivity contribution >= 4 is 16.6 Å². The molecule has 5 rings (SSSR count). The molecule has 5 nitrogen and oxygen atoms in total. The fraction of sp³-hybridized carbons (Fsp3) is 0.286. The van der Waals surface area contributed by atoms with E-state index in [0.717, 1.165) is 24.9 Å². The van der Waals surface area contributed by atoms with E-state index in [1.54, 1.807) is 6.07 Å². The Morgan fingerprint density at radius 1 is 1.19 bits per heavy atom. The summed E-state index contributed by atoms with van der Waals surface area (Å²) in [4.78, 5) is 22.6. The molecule has 26 heavy (non-hydrogen) atoms. The molecule has 128 valence electrons. The van der Waals surface area contributed by atoms with Crippen LogP contribution in [0.3, 0.4) is 0 Å². The monoisotopic (exact) mass is 342 g/mol. The summed E-state index contributed by atoms with van der Waals surface area (Å²) in [6.07, 6.45) is 2.54. The van der Waals surface area contributed by atoms with Gasteiger partial charge in [0.25, 0.3) is 5.56 Å². The summed E-state index contributed by atoms with van der Waals surface area (Å²) in [5.74, 6) is 0.495. The van der Waals surface area contributed by atoms with Crippen molar-refractivity contribution in [2.75, 3.05) is 11.4 Å². The summed E-state index contributed by atoms with van der Waals surface area (Å²) in [6, 6.07) is 18.2. The fourth-order valence-electron chi connectivity index (χ4n) is 4.63. The van der Waals surface area contributed by atoms with Crippen LogP contribution in [0.1, 0.15) is 24.2 Å². The predicted molar refractivity (Wildman–Crippen MR) is 100 cm³/mol. The lowest BCUT2D eigenvalue weighted by atomic mass is 9.71. The van der Waals surface area contributed by atoms with Crippen LogP contribution in [-0.4, -0.2) is 22.6 Å². The Morgan fingerprint density at radius 2 is 2.00 bits per heavy atom. The third-order valence-electron chi connectivity index (χ3n) is 5.83. The maximum absolute atomic E-state index is 12.6. The second-order valence-electron chi connectivity index (χ2n) is 7.17. The molecule has 5 heteroatoms. The number of fused-ring (bicyclic) bond motifs is 4. The summed E-state index contributed by atoms with van der Waals surface area (Å²) in [7, 11) is 0. The first-order valence-electron chi connectivity index (χ1n) is 8.98. The van der Waals surface area contributed by atoms with Crippen molar-refractivity contribution in [1.29, 1.82) is 5.26 Å². The molecule has 0 aliphatic carbocycles. The number of anilines is 1. The van der Waals surface area contributed by atoms with E-state index in [0.29, 0.717) is 23.1 Å². The van der Waals surface area contributed by atoms with Gasteiger partial charge in [-0.05, 0) is 36.6 Å². The van der Waals surface area contributed by atoms with E-state index in [1.165, 1.54) is 5.69 Å². The average Bonchev–Trinajstić information content (AvgIpc) is 3.18. The molecule has 3 heterocycles. The van der Waals surface area contributed by atoms with Crippen molar-refractivity contribution in [3.8, 4) is 6.07 Å². The molecule has 1 N–H and O–H groups in total. The molecule has 0 saturated carbocycles. The molecule has 2 aliphatic rings. The lowest BCUT2D eigenvalue weighted by molar-refractivity contribution is 0.390. The third kappa shape index (κ3) is 1.96. The second-order valence-corrected chi connectivity index (χ2v) is 7.17. The normalized spacial score (nSPS) is 24.1. The molecular weight excluding hydrogens is 324 g/mol. The van der Waals surface area contributed by atoms with Gasteiger partial charge in [-0.15, -0.1) is 0 Å². The fourth-order valence-corrected chi connectivity index (χ4v) is 4.63. The SMILES string of the molecule is N#CC1(c2nc3ccccc3c(=O)[nH]2)Cc2ccccc2N2CCCC21. The van der Waals surface area contributed by atoms with Crippen molar-refractivity contribution in [1.82, 2.24) is 9.97 Å². The second kappa shape index (κ2) is 5.43. The van der Waals surface area contributed by atoms with Gasteiger partial charge in [0.1, 0.15) is 11.2 Å². The van der Waals surface area contributed by atoms with Crippen LogP contribution in [0.25, 0.3) is 10.9 Å². The molecule has 3 aromatic rings. The van der Waals surface area contributed by atoms with Crippen LogP contribution in [-0.2, 0) is 11.8 Å². The van der Waals surface area contributed by atoms with Gasteiger partial charge in [0.05, 0.1) is 23.0 Å². The summed E-state index contributed by atoms with van der Waals surface area (Å²) in [5, 5.41) is 10.9. The number of para-hydroxylation sites is 2. The Kier molecular flexibility index (Phi) is 3.17. The van der Waals surface area contributed by atoms with Crippen molar-refractivity contribution < 1.29 is 0 Å². The van der Waals surface area contributed by atoms with Crippen molar-refractivity contribution in [3.63, 3.8) is 0 Å². The van der Waals surface area contributed by atoms with Crippen LogP contribution in [0.5, 0.6) is 0 Å². The van der Waals surface area contributed by atoms with Crippen molar-refractivity contribution in [2.45, 2.75) is 30.7 Å². The molecular formula is C21H18N4O. The van der Waals surface area contributed by atoms with Gasteiger partial charge in [0.15, 0.2) is 0 Å². The number of aromatic amines is 1. The highest BCUT2D eigenvalue weighted by Gasteiger charge is 2.51. The van der Waals surface area contributed by atoms with Crippen LogP contribution < -0.4 is 10.5 Å². The molecule has 0 radical (unpaired) electrons. The average molecular weight is 342 g/mol. The van der Waals surface area contributed by atoms with Crippen LogP contribution in [0.4, 0.5) is 5.69 Å². The quantitative estimate of drug-likeness (QED) is 0.738. The van der Waals surface area contributed by atoms with Gasteiger partial charge in [-0.25, -0.2) is 4.98 Å². The molecule has 1 aromatic heterocycles. The number of nitriles is 1. The van der Waals surface area contributed by atoms with Gasteiger partial charge in [-0.2, -0.15) is 5.26 Å². The number of nitrogens with zero attached hydrogens (tertiary/aromatic N) is 3. The van der Waals surface area contributed by atoms with Crippen LogP contribution >= 0.6 is 0 Å². The van der Waals surface area contributed by atoms with Crippen molar-refractivity contribution in [3.05, 3.63) is 70.3 Å². The predicted octanol–water partition coefficient (Wildman–Crippen LogP) is 2.91. The Hall–Kier alpha value is -3.13. The van der Waals surface area contributed by atoms with Crippen LogP contribution in [0.2, 0.25) is 0 Å². The first kappa shape index (κ1) is 15.2. The first-order valence-corrected chi connectivity index (χ1v) is 8.98. The summed E-state index contributed by atoms with van der Waals surface area (Å²) in [6.45, 7) is 0.933. The summed E-state index contributed by atoms with van der Waals surface area (Å²) >= 11 is 0. The van der Waals surface area contributed by atoms with E-state index in [-0.39, 0.29) is 11.6 Å². The van der Waals surface area contributed by atoms with E-state index in [9.17, 15) is 10.1 Å². The molecule has 2 aliphatic heterocycles. The number of rotatable bonds is 1. The zero-order chi connectivity index (χ0) is 17.7. The summed E-state index contributed by atoms with van der Waals surface area (Å²) in [5.41, 5.74) is 1.98. The molecule has 1 fully saturated rings. The maximum Gasteiger partial charge on any atom is 0.258 e. The van der Waals surface area contributed by atoms with E-state index < -0.39 is 5.41 Å². The zero-order valence-corrected chi connectivity index (χ0v) is 14.3. The van der Waals surface area contributed by atoms with Crippen LogP contribution in [0, 0.1) is 11.3 Å².